The highest BCUT2D eigenvalue weighted by molar-refractivity contribution is 5.21. The van der Waals surface area contributed by atoms with Gasteiger partial charge in [-0.3, -0.25) is 0 Å². The largest absolute Gasteiger partial charge is 0.491 e. The zero-order chi connectivity index (χ0) is 9.68. The Bertz CT molecular complexity index is 228. The van der Waals surface area contributed by atoms with Crippen molar-refractivity contribution in [2.75, 3.05) is 0 Å². The minimum Gasteiger partial charge on any atom is -0.491 e. The topological polar surface area (TPSA) is 9.23 Å². The number of hydrogen-bond acceptors (Lipinski definition) is 1. The normalized spacial score (nSPS) is 12.9. The van der Waals surface area contributed by atoms with Crippen molar-refractivity contribution < 1.29 is 4.74 Å². The molecule has 0 heterocycles. The molecule has 0 saturated carbocycles. The summed E-state index contributed by atoms with van der Waals surface area (Å²) in [5, 5.41) is 0. The molecule has 0 aliphatic heterocycles. The molecule has 13 heavy (non-hydrogen) atoms. The number of rotatable bonds is 4. The lowest BCUT2D eigenvalue weighted by molar-refractivity contribution is 0.193. The van der Waals surface area contributed by atoms with Crippen LogP contribution in [0.4, 0.5) is 0 Å². The molecule has 0 N–H and O–H groups in total. The second kappa shape index (κ2) is 4.90. The van der Waals surface area contributed by atoms with Crippen molar-refractivity contribution >= 4 is 0 Å². The van der Waals surface area contributed by atoms with Crippen molar-refractivity contribution in [3.63, 3.8) is 0 Å². The smallest absolute Gasteiger partial charge is 0.119 e. The molecular weight excluding hydrogens is 160 g/mol. The summed E-state index contributed by atoms with van der Waals surface area (Å²) in [6.45, 7) is 6.54. The molecule has 0 aliphatic carbocycles. The van der Waals surface area contributed by atoms with Gasteiger partial charge in [-0.1, -0.05) is 32.0 Å². The van der Waals surface area contributed by atoms with Crippen molar-refractivity contribution in [2.24, 2.45) is 5.92 Å². The standard InChI is InChI=1S/C12H18O/c1-10(2)9-11(3)13-12-7-5-4-6-8-12/h4-8,10-11H,9H2,1-3H3/t11-/m0/s1. The molecule has 1 atom stereocenters. The summed E-state index contributed by atoms with van der Waals surface area (Å²) in [7, 11) is 0. The Morgan fingerprint density at radius 2 is 1.69 bits per heavy atom. The fraction of sp³-hybridized carbons (Fsp3) is 0.500. The zero-order valence-corrected chi connectivity index (χ0v) is 8.66. The summed E-state index contributed by atoms with van der Waals surface area (Å²) in [6, 6.07) is 9.99. The van der Waals surface area contributed by atoms with Gasteiger partial charge in [-0.05, 0) is 31.4 Å². The van der Waals surface area contributed by atoms with Crippen LogP contribution in [0.1, 0.15) is 27.2 Å². The van der Waals surface area contributed by atoms with Gasteiger partial charge in [0.1, 0.15) is 5.75 Å². The van der Waals surface area contributed by atoms with Gasteiger partial charge in [0.05, 0.1) is 6.10 Å². The van der Waals surface area contributed by atoms with Crippen molar-refractivity contribution in [1.29, 1.82) is 0 Å². The van der Waals surface area contributed by atoms with Gasteiger partial charge >= 0.3 is 0 Å². The number of benzene rings is 1. The summed E-state index contributed by atoms with van der Waals surface area (Å²) in [6.07, 6.45) is 1.41. The van der Waals surface area contributed by atoms with E-state index < -0.39 is 0 Å². The van der Waals surface area contributed by atoms with Crippen LogP contribution in [0, 0.1) is 5.92 Å². The Morgan fingerprint density at radius 1 is 1.08 bits per heavy atom. The minimum absolute atomic E-state index is 0.308. The first-order valence-corrected chi connectivity index (χ1v) is 4.90. The Morgan fingerprint density at radius 3 is 2.23 bits per heavy atom. The molecule has 0 radical (unpaired) electrons. The Hall–Kier alpha value is -0.980. The van der Waals surface area contributed by atoms with Crippen LogP contribution in [0.25, 0.3) is 0 Å². The van der Waals surface area contributed by atoms with E-state index in [1.165, 1.54) is 0 Å². The van der Waals surface area contributed by atoms with E-state index in [9.17, 15) is 0 Å². The van der Waals surface area contributed by atoms with Crippen LogP contribution >= 0.6 is 0 Å². The van der Waals surface area contributed by atoms with Gasteiger partial charge in [-0.25, -0.2) is 0 Å². The molecule has 0 saturated heterocycles. The van der Waals surface area contributed by atoms with Gasteiger partial charge in [0.2, 0.25) is 0 Å². The third-order valence-electron chi connectivity index (χ3n) is 1.88. The Balaban J connectivity index is 2.41. The van der Waals surface area contributed by atoms with E-state index in [4.69, 9.17) is 4.74 Å². The molecular formula is C12H18O. The minimum atomic E-state index is 0.308. The monoisotopic (exact) mass is 178 g/mol. The number of ether oxygens (including phenoxy) is 1. The first-order chi connectivity index (χ1) is 6.18. The summed E-state index contributed by atoms with van der Waals surface area (Å²) in [5.74, 6) is 1.66. The first kappa shape index (κ1) is 10.1. The lowest BCUT2D eigenvalue weighted by atomic mass is 10.1. The van der Waals surface area contributed by atoms with E-state index in [0.717, 1.165) is 12.2 Å². The van der Waals surface area contributed by atoms with E-state index >= 15 is 0 Å². The molecule has 72 valence electrons. The molecule has 0 amide bonds. The molecule has 0 unspecified atom stereocenters. The second-order valence-electron chi connectivity index (χ2n) is 3.87. The van der Waals surface area contributed by atoms with Gasteiger partial charge in [0.15, 0.2) is 0 Å². The quantitative estimate of drug-likeness (QED) is 0.685. The molecule has 1 aromatic carbocycles. The number of para-hydroxylation sites is 1. The van der Waals surface area contributed by atoms with E-state index in [1.54, 1.807) is 0 Å². The average molecular weight is 178 g/mol. The van der Waals surface area contributed by atoms with Crippen LogP contribution in [-0.2, 0) is 0 Å². The maximum Gasteiger partial charge on any atom is 0.119 e. The van der Waals surface area contributed by atoms with Crippen molar-refractivity contribution in [3.05, 3.63) is 30.3 Å². The van der Waals surface area contributed by atoms with Gasteiger partial charge < -0.3 is 4.74 Å². The van der Waals surface area contributed by atoms with Crippen LogP contribution in [0.3, 0.4) is 0 Å². The maximum absolute atomic E-state index is 5.73. The molecule has 0 spiro atoms. The summed E-state index contributed by atoms with van der Waals surface area (Å²) in [4.78, 5) is 0. The number of hydrogen-bond donors (Lipinski definition) is 0. The Kier molecular flexibility index (Phi) is 3.81. The van der Waals surface area contributed by atoms with Gasteiger partial charge in [-0.15, -0.1) is 0 Å². The molecule has 1 rings (SSSR count). The van der Waals surface area contributed by atoms with Crippen molar-refractivity contribution in [3.8, 4) is 5.75 Å². The van der Waals surface area contributed by atoms with Crippen LogP contribution in [0.5, 0.6) is 5.75 Å². The summed E-state index contributed by atoms with van der Waals surface area (Å²) >= 11 is 0. The van der Waals surface area contributed by atoms with Gasteiger partial charge in [0, 0.05) is 0 Å². The highest BCUT2D eigenvalue weighted by Gasteiger charge is 2.05. The van der Waals surface area contributed by atoms with E-state index in [1.807, 2.05) is 30.3 Å². The molecule has 1 heteroatoms. The molecule has 0 aliphatic rings. The van der Waals surface area contributed by atoms with Gasteiger partial charge in [0.25, 0.3) is 0 Å². The summed E-state index contributed by atoms with van der Waals surface area (Å²) in [5.41, 5.74) is 0. The highest BCUT2D eigenvalue weighted by Crippen LogP contribution is 2.14. The van der Waals surface area contributed by atoms with Crippen LogP contribution in [0.2, 0.25) is 0 Å². The fourth-order valence-electron chi connectivity index (χ4n) is 1.44. The van der Waals surface area contributed by atoms with Gasteiger partial charge in [-0.2, -0.15) is 0 Å². The Labute approximate surface area is 80.7 Å². The van der Waals surface area contributed by atoms with Crippen LogP contribution in [0.15, 0.2) is 30.3 Å². The zero-order valence-electron chi connectivity index (χ0n) is 8.66. The van der Waals surface area contributed by atoms with E-state index in [2.05, 4.69) is 20.8 Å². The molecule has 0 bridgehead atoms. The third-order valence-corrected chi connectivity index (χ3v) is 1.88. The fourth-order valence-corrected chi connectivity index (χ4v) is 1.44. The van der Waals surface area contributed by atoms with E-state index in [-0.39, 0.29) is 0 Å². The average Bonchev–Trinajstić information content (AvgIpc) is 2.04. The van der Waals surface area contributed by atoms with Crippen LogP contribution in [-0.4, -0.2) is 6.10 Å². The second-order valence-corrected chi connectivity index (χ2v) is 3.87. The lowest BCUT2D eigenvalue weighted by Crippen LogP contribution is -2.14. The highest BCUT2D eigenvalue weighted by atomic mass is 16.5. The SMILES string of the molecule is CC(C)C[C@H](C)Oc1ccccc1. The molecule has 1 aromatic rings. The summed E-state index contributed by atoms with van der Waals surface area (Å²) < 4.78 is 5.73. The maximum atomic E-state index is 5.73. The van der Waals surface area contributed by atoms with Crippen LogP contribution < -0.4 is 4.74 Å². The first-order valence-electron chi connectivity index (χ1n) is 4.90. The molecule has 0 aromatic heterocycles. The molecule has 1 nitrogen and oxygen atoms in total. The predicted molar refractivity (Wildman–Crippen MR) is 56.0 cm³/mol. The lowest BCUT2D eigenvalue weighted by Gasteiger charge is -2.16. The van der Waals surface area contributed by atoms with Crippen molar-refractivity contribution in [1.82, 2.24) is 0 Å². The molecule has 0 fully saturated rings. The van der Waals surface area contributed by atoms with Crippen molar-refractivity contribution in [2.45, 2.75) is 33.3 Å². The van der Waals surface area contributed by atoms with E-state index in [0.29, 0.717) is 12.0 Å². The predicted octanol–water partition coefficient (Wildman–Crippen LogP) is 3.50. The third kappa shape index (κ3) is 3.97.